The quantitative estimate of drug-likeness (QED) is 0.645. The molecule has 2 N–H and O–H groups in total. The summed E-state index contributed by atoms with van der Waals surface area (Å²) in [4.78, 5) is 8.98. The van der Waals surface area contributed by atoms with E-state index in [2.05, 4.69) is 39.7 Å². The van der Waals surface area contributed by atoms with Gasteiger partial charge in [0.05, 0.1) is 6.04 Å². The minimum Gasteiger partial charge on any atom is -0.370 e. The Kier molecular flexibility index (Phi) is 5.79. The van der Waals surface area contributed by atoms with E-state index in [1.165, 1.54) is 11.6 Å². The summed E-state index contributed by atoms with van der Waals surface area (Å²) in [6.45, 7) is 4.61. The molecule has 5 heteroatoms. The third kappa shape index (κ3) is 4.79. The minimum absolute atomic E-state index is 0.101. The van der Waals surface area contributed by atoms with Crippen LogP contribution in [0.4, 0.5) is 16.2 Å². The van der Waals surface area contributed by atoms with Crippen LogP contribution in [0.1, 0.15) is 29.8 Å². The molecular formula is C21H23FN4. The summed E-state index contributed by atoms with van der Waals surface area (Å²) in [5.41, 5.74) is 2.74. The van der Waals surface area contributed by atoms with Gasteiger partial charge in [0.25, 0.3) is 0 Å². The van der Waals surface area contributed by atoms with Crippen LogP contribution in [0.25, 0.3) is 0 Å². The molecule has 2 aromatic carbocycles. The van der Waals surface area contributed by atoms with Crippen molar-refractivity contribution < 1.29 is 4.39 Å². The fraction of sp³-hybridized carbons (Fsp3) is 0.238. The molecule has 26 heavy (non-hydrogen) atoms. The smallest absolute Gasteiger partial charge is 0.225 e. The van der Waals surface area contributed by atoms with Crippen LogP contribution in [0.5, 0.6) is 0 Å². The summed E-state index contributed by atoms with van der Waals surface area (Å²) < 4.78 is 13.7. The highest BCUT2D eigenvalue weighted by molar-refractivity contribution is 5.43. The van der Waals surface area contributed by atoms with E-state index in [-0.39, 0.29) is 11.9 Å². The lowest BCUT2D eigenvalue weighted by Crippen LogP contribution is -2.12. The van der Waals surface area contributed by atoms with Crippen molar-refractivity contribution in [1.82, 2.24) is 9.97 Å². The molecule has 1 aromatic heterocycles. The molecule has 4 nitrogen and oxygen atoms in total. The van der Waals surface area contributed by atoms with Crippen molar-refractivity contribution in [3.63, 3.8) is 0 Å². The summed E-state index contributed by atoms with van der Waals surface area (Å²) in [6.07, 6.45) is 0.596. The van der Waals surface area contributed by atoms with Crippen LogP contribution in [-0.4, -0.2) is 16.5 Å². The lowest BCUT2D eigenvalue weighted by atomic mass is 10.1. The Labute approximate surface area is 153 Å². The van der Waals surface area contributed by atoms with Gasteiger partial charge in [-0.1, -0.05) is 48.5 Å². The predicted octanol–water partition coefficient (Wildman–Crippen LogP) is 4.75. The Bertz CT molecular complexity index is 852. The number of anilines is 2. The second kappa shape index (κ2) is 8.43. The Balaban J connectivity index is 1.63. The normalized spacial score (nSPS) is 11.8. The third-order valence-electron chi connectivity index (χ3n) is 4.16. The van der Waals surface area contributed by atoms with Crippen molar-refractivity contribution >= 4 is 11.8 Å². The summed E-state index contributed by atoms with van der Waals surface area (Å²) in [6, 6.07) is 19.0. The van der Waals surface area contributed by atoms with E-state index in [9.17, 15) is 4.39 Å². The zero-order valence-corrected chi connectivity index (χ0v) is 15.0. The molecule has 0 aliphatic rings. The maximum Gasteiger partial charge on any atom is 0.225 e. The van der Waals surface area contributed by atoms with Gasteiger partial charge in [-0.2, -0.15) is 4.98 Å². The van der Waals surface area contributed by atoms with E-state index < -0.39 is 0 Å². The molecule has 0 amide bonds. The van der Waals surface area contributed by atoms with Crippen molar-refractivity contribution in [1.29, 1.82) is 0 Å². The molecule has 0 aliphatic heterocycles. The largest absolute Gasteiger partial charge is 0.370 e. The van der Waals surface area contributed by atoms with Crippen LogP contribution in [-0.2, 0) is 6.42 Å². The van der Waals surface area contributed by atoms with Crippen LogP contribution >= 0.6 is 0 Å². The molecule has 0 bridgehead atoms. The first-order chi connectivity index (χ1) is 12.6. The fourth-order valence-corrected chi connectivity index (χ4v) is 2.77. The molecule has 1 unspecified atom stereocenters. The Hall–Kier alpha value is -2.95. The third-order valence-corrected chi connectivity index (χ3v) is 4.16. The SMILES string of the molecule is Cc1cc(NCCc2ccccc2F)nc(NC(C)c2ccccc2)n1. The van der Waals surface area contributed by atoms with Gasteiger partial charge in [-0.3, -0.25) is 0 Å². The first-order valence-electron chi connectivity index (χ1n) is 8.76. The molecule has 0 fully saturated rings. The van der Waals surface area contributed by atoms with Gasteiger partial charge in [0.15, 0.2) is 0 Å². The van der Waals surface area contributed by atoms with Crippen LogP contribution < -0.4 is 10.6 Å². The first kappa shape index (κ1) is 17.9. The van der Waals surface area contributed by atoms with Gasteiger partial charge in [0.1, 0.15) is 11.6 Å². The van der Waals surface area contributed by atoms with Gasteiger partial charge < -0.3 is 10.6 Å². The van der Waals surface area contributed by atoms with Gasteiger partial charge in [-0.05, 0) is 37.5 Å². The molecule has 134 valence electrons. The number of aromatic nitrogens is 2. The molecule has 1 heterocycles. The number of hydrogen-bond donors (Lipinski definition) is 2. The second-order valence-electron chi connectivity index (χ2n) is 6.26. The van der Waals surface area contributed by atoms with Crippen LogP contribution in [0.3, 0.4) is 0 Å². The van der Waals surface area contributed by atoms with Gasteiger partial charge in [-0.15, -0.1) is 0 Å². The molecule has 0 saturated heterocycles. The summed E-state index contributed by atoms with van der Waals surface area (Å²) >= 11 is 0. The van der Waals surface area contributed by atoms with Crippen molar-refractivity contribution in [2.45, 2.75) is 26.3 Å². The molecule has 3 aromatic rings. The summed E-state index contributed by atoms with van der Waals surface area (Å²) in [7, 11) is 0. The number of benzene rings is 2. The highest BCUT2D eigenvalue weighted by Crippen LogP contribution is 2.18. The topological polar surface area (TPSA) is 49.8 Å². The monoisotopic (exact) mass is 350 g/mol. The van der Waals surface area contributed by atoms with Crippen molar-refractivity contribution in [2.75, 3.05) is 17.2 Å². The predicted molar refractivity (Wildman–Crippen MR) is 104 cm³/mol. The molecule has 0 saturated carbocycles. The summed E-state index contributed by atoms with van der Waals surface area (Å²) in [5.74, 6) is 1.14. The minimum atomic E-state index is -0.174. The van der Waals surface area contributed by atoms with Crippen molar-refractivity contribution in [3.8, 4) is 0 Å². The van der Waals surface area contributed by atoms with Gasteiger partial charge in [-0.25, -0.2) is 9.37 Å². The Morgan fingerprint density at radius 3 is 2.50 bits per heavy atom. The highest BCUT2D eigenvalue weighted by atomic mass is 19.1. The van der Waals surface area contributed by atoms with Crippen LogP contribution in [0.2, 0.25) is 0 Å². The van der Waals surface area contributed by atoms with Crippen LogP contribution in [0, 0.1) is 12.7 Å². The van der Waals surface area contributed by atoms with Gasteiger partial charge in [0, 0.05) is 18.3 Å². The van der Waals surface area contributed by atoms with E-state index in [1.54, 1.807) is 12.1 Å². The highest BCUT2D eigenvalue weighted by Gasteiger charge is 2.08. The number of hydrogen-bond acceptors (Lipinski definition) is 4. The molecular weight excluding hydrogens is 327 g/mol. The van der Waals surface area contributed by atoms with Gasteiger partial charge in [0.2, 0.25) is 5.95 Å². The van der Waals surface area contributed by atoms with E-state index in [0.717, 1.165) is 11.5 Å². The lowest BCUT2D eigenvalue weighted by Gasteiger charge is -2.15. The average Bonchev–Trinajstić information content (AvgIpc) is 2.63. The number of halogens is 1. The molecule has 0 radical (unpaired) electrons. The molecule has 0 aliphatic carbocycles. The maximum absolute atomic E-state index is 13.7. The number of nitrogens with one attached hydrogen (secondary N) is 2. The van der Waals surface area contributed by atoms with Crippen LogP contribution in [0.15, 0.2) is 60.7 Å². The number of nitrogens with zero attached hydrogens (tertiary/aromatic N) is 2. The van der Waals surface area contributed by atoms with E-state index in [1.807, 2.05) is 37.3 Å². The second-order valence-corrected chi connectivity index (χ2v) is 6.26. The van der Waals surface area contributed by atoms with Crippen molar-refractivity contribution in [3.05, 3.63) is 83.3 Å². The zero-order valence-electron chi connectivity index (χ0n) is 15.0. The fourth-order valence-electron chi connectivity index (χ4n) is 2.77. The maximum atomic E-state index is 13.7. The Morgan fingerprint density at radius 2 is 1.73 bits per heavy atom. The molecule has 0 spiro atoms. The van der Waals surface area contributed by atoms with E-state index >= 15 is 0 Å². The number of aryl methyl sites for hydroxylation is 1. The van der Waals surface area contributed by atoms with E-state index in [0.29, 0.717) is 24.5 Å². The first-order valence-corrected chi connectivity index (χ1v) is 8.76. The van der Waals surface area contributed by atoms with E-state index in [4.69, 9.17) is 0 Å². The van der Waals surface area contributed by atoms with Gasteiger partial charge >= 0.3 is 0 Å². The molecule has 3 rings (SSSR count). The number of rotatable bonds is 7. The Morgan fingerprint density at radius 1 is 1.00 bits per heavy atom. The zero-order chi connectivity index (χ0) is 18.4. The van der Waals surface area contributed by atoms with Crippen molar-refractivity contribution in [2.24, 2.45) is 0 Å². The summed E-state index contributed by atoms with van der Waals surface area (Å²) in [5, 5.41) is 6.59. The average molecular weight is 350 g/mol. The lowest BCUT2D eigenvalue weighted by molar-refractivity contribution is 0.610. The molecule has 1 atom stereocenters. The standard InChI is InChI=1S/C21H23FN4/c1-15-14-20(23-13-12-18-10-6-7-11-19(18)22)26-21(24-15)25-16(2)17-8-4-3-5-9-17/h3-11,14,16H,12-13H2,1-2H3,(H2,23,24,25,26).